The van der Waals surface area contributed by atoms with Crippen LogP contribution in [0.5, 0.6) is 0 Å². The summed E-state index contributed by atoms with van der Waals surface area (Å²) in [5.41, 5.74) is -0.422. The Labute approximate surface area is 117 Å². The van der Waals surface area contributed by atoms with Gasteiger partial charge in [-0.25, -0.2) is 9.18 Å². The van der Waals surface area contributed by atoms with Crippen molar-refractivity contribution in [1.29, 1.82) is 0 Å². The number of benzene rings is 1. The van der Waals surface area contributed by atoms with Crippen LogP contribution < -0.4 is 4.90 Å². The van der Waals surface area contributed by atoms with E-state index in [0.29, 0.717) is 0 Å². The van der Waals surface area contributed by atoms with Crippen molar-refractivity contribution < 1.29 is 19.1 Å². The molecule has 1 amide bonds. The molecule has 1 unspecified atom stereocenters. The predicted molar refractivity (Wildman–Crippen MR) is 71.7 cm³/mol. The third-order valence-electron chi connectivity index (χ3n) is 3.05. The van der Waals surface area contributed by atoms with E-state index in [0.717, 1.165) is 6.07 Å². The Bertz CT molecular complexity index is 573. The first-order valence-corrected chi connectivity index (χ1v) is 6.39. The number of carbonyl (C=O) groups is 2. The van der Waals surface area contributed by atoms with Crippen molar-refractivity contribution in [3.05, 3.63) is 40.6 Å². The average Bonchev–Trinajstić information content (AvgIpc) is 2.72. The van der Waals surface area contributed by atoms with E-state index in [1.54, 1.807) is 6.08 Å². The van der Waals surface area contributed by atoms with Gasteiger partial charge >= 0.3 is 5.97 Å². The van der Waals surface area contributed by atoms with Crippen molar-refractivity contribution in [2.24, 2.45) is 5.92 Å². The van der Waals surface area contributed by atoms with Crippen LogP contribution in [0.3, 0.4) is 0 Å². The monoisotopic (exact) mass is 327 g/mol. The van der Waals surface area contributed by atoms with E-state index in [1.807, 2.05) is 0 Å². The zero-order valence-corrected chi connectivity index (χ0v) is 11.5. The standard InChI is InChI=1S/C13H11BrFNO3/c1-2-7-5-10(17)16(6-7)12-9(15)4-3-8(14)11(12)13(18)19/h2-4,7H,1,5-6H2,(H,18,19). The van der Waals surface area contributed by atoms with Crippen LogP contribution in [0.1, 0.15) is 16.8 Å². The van der Waals surface area contributed by atoms with Gasteiger partial charge in [0, 0.05) is 23.4 Å². The molecule has 2 rings (SSSR count). The summed E-state index contributed by atoms with van der Waals surface area (Å²) in [7, 11) is 0. The highest BCUT2D eigenvalue weighted by atomic mass is 79.9. The summed E-state index contributed by atoms with van der Waals surface area (Å²) >= 11 is 3.08. The first-order chi connectivity index (χ1) is 8.95. The molecule has 1 aliphatic rings. The van der Waals surface area contributed by atoms with Gasteiger partial charge in [0.15, 0.2) is 0 Å². The second kappa shape index (κ2) is 5.13. The minimum Gasteiger partial charge on any atom is -0.478 e. The van der Waals surface area contributed by atoms with Crippen LogP contribution in [0, 0.1) is 11.7 Å². The van der Waals surface area contributed by atoms with E-state index in [9.17, 15) is 19.1 Å². The molecule has 1 saturated heterocycles. The van der Waals surface area contributed by atoms with Gasteiger partial charge in [-0.05, 0) is 28.1 Å². The quantitative estimate of drug-likeness (QED) is 0.868. The molecule has 6 heteroatoms. The molecule has 4 nitrogen and oxygen atoms in total. The van der Waals surface area contributed by atoms with Gasteiger partial charge in [0.05, 0.1) is 5.69 Å². The maximum atomic E-state index is 13.9. The van der Waals surface area contributed by atoms with Crippen molar-refractivity contribution >= 4 is 33.5 Å². The molecule has 1 fully saturated rings. The molecule has 1 N–H and O–H groups in total. The highest BCUT2D eigenvalue weighted by Crippen LogP contribution is 2.34. The molecule has 1 heterocycles. The number of rotatable bonds is 3. The minimum absolute atomic E-state index is 0.0903. The molecule has 1 aromatic rings. The molecule has 1 aliphatic heterocycles. The average molecular weight is 328 g/mol. The fourth-order valence-corrected chi connectivity index (χ4v) is 2.61. The lowest BCUT2D eigenvalue weighted by molar-refractivity contribution is -0.117. The second-order valence-corrected chi connectivity index (χ2v) is 5.12. The summed E-state index contributed by atoms with van der Waals surface area (Å²) in [6.45, 7) is 3.85. The Kier molecular flexibility index (Phi) is 3.71. The number of hydrogen-bond acceptors (Lipinski definition) is 2. The van der Waals surface area contributed by atoms with Crippen LogP contribution in [0.25, 0.3) is 0 Å². The van der Waals surface area contributed by atoms with Gasteiger partial charge in [0.1, 0.15) is 11.4 Å². The molecule has 100 valence electrons. The molecular weight excluding hydrogens is 317 g/mol. The van der Waals surface area contributed by atoms with Crippen LogP contribution in [0.4, 0.5) is 10.1 Å². The molecule has 1 atom stereocenters. The number of aromatic carboxylic acids is 1. The molecule has 0 bridgehead atoms. The van der Waals surface area contributed by atoms with Gasteiger partial charge < -0.3 is 10.0 Å². The van der Waals surface area contributed by atoms with Crippen LogP contribution in [-0.2, 0) is 4.79 Å². The maximum Gasteiger partial charge on any atom is 0.339 e. The van der Waals surface area contributed by atoms with Gasteiger partial charge in [0.25, 0.3) is 0 Å². The highest BCUT2D eigenvalue weighted by molar-refractivity contribution is 9.10. The molecule has 0 aromatic heterocycles. The number of hydrogen-bond donors (Lipinski definition) is 1. The number of carboxylic acids is 1. The summed E-state index contributed by atoms with van der Waals surface area (Å²) < 4.78 is 14.2. The smallest absolute Gasteiger partial charge is 0.339 e. The van der Waals surface area contributed by atoms with E-state index < -0.39 is 11.8 Å². The Morgan fingerprint density at radius 2 is 2.26 bits per heavy atom. The van der Waals surface area contributed by atoms with Gasteiger partial charge in [-0.2, -0.15) is 0 Å². The number of carbonyl (C=O) groups excluding carboxylic acids is 1. The highest BCUT2D eigenvalue weighted by Gasteiger charge is 2.34. The summed E-state index contributed by atoms with van der Waals surface area (Å²) in [6, 6.07) is 2.45. The Morgan fingerprint density at radius 1 is 1.58 bits per heavy atom. The van der Waals surface area contributed by atoms with E-state index in [2.05, 4.69) is 22.5 Å². The largest absolute Gasteiger partial charge is 0.478 e. The molecule has 0 saturated carbocycles. The van der Waals surface area contributed by atoms with E-state index >= 15 is 0 Å². The fourth-order valence-electron chi connectivity index (χ4n) is 2.12. The van der Waals surface area contributed by atoms with Gasteiger partial charge in [-0.1, -0.05) is 6.08 Å². The first-order valence-electron chi connectivity index (χ1n) is 5.60. The van der Waals surface area contributed by atoms with Crippen molar-refractivity contribution in [2.45, 2.75) is 6.42 Å². The molecule has 19 heavy (non-hydrogen) atoms. The summed E-state index contributed by atoms with van der Waals surface area (Å²) in [4.78, 5) is 24.3. The lowest BCUT2D eigenvalue weighted by atomic mass is 10.1. The van der Waals surface area contributed by atoms with Crippen LogP contribution in [-0.4, -0.2) is 23.5 Å². The van der Waals surface area contributed by atoms with Crippen LogP contribution >= 0.6 is 15.9 Å². The van der Waals surface area contributed by atoms with Crippen molar-refractivity contribution in [3.8, 4) is 0 Å². The molecule has 0 spiro atoms. The summed E-state index contributed by atoms with van der Waals surface area (Å²) in [5.74, 6) is -2.40. The topological polar surface area (TPSA) is 57.6 Å². The first kappa shape index (κ1) is 13.7. The molecule has 1 aromatic carbocycles. The number of amides is 1. The Balaban J connectivity index is 2.56. The number of carboxylic acid groups (broad SMARTS) is 1. The third-order valence-corrected chi connectivity index (χ3v) is 3.71. The normalized spacial score (nSPS) is 18.7. The van der Waals surface area contributed by atoms with Crippen molar-refractivity contribution in [3.63, 3.8) is 0 Å². The Morgan fingerprint density at radius 3 is 2.79 bits per heavy atom. The maximum absolute atomic E-state index is 13.9. The second-order valence-electron chi connectivity index (χ2n) is 4.26. The predicted octanol–water partition coefficient (Wildman–Crippen LogP) is 2.83. The van der Waals surface area contributed by atoms with E-state index in [1.165, 1.54) is 11.0 Å². The summed E-state index contributed by atoms with van der Waals surface area (Å²) in [6.07, 6.45) is 1.84. The number of halogens is 2. The van der Waals surface area contributed by atoms with Gasteiger partial charge in [0.2, 0.25) is 5.91 Å². The van der Waals surface area contributed by atoms with Crippen LogP contribution in [0.15, 0.2) is 29.3 Å². The van der Waals surface area contributed by atoms with E-state index in [4.69, 9.17) is 0 Å². The van der Waals surface area contributed by atoms with Crippen molar-refractivity contribution in [1.82, 2.24) is 0 Å². The molecular formula is C13H11BrFNO3. The molecule has 0 aliphatic carbocycles. The summed E-state index contributed by atoms with van der Waals surface area (Å²) in [5, 5.41) is 9.19. The van der Waals surface area contributed by atoms with Gasteiger partial charge in [-0.15, -0.1) is 6.58 Å². The Hall–Kier alpha value is -1.69. The van der Waals surface area contributed by atoms with Crippen LogP contribution in [0.2, 0.25) is 0 Å². The van der Waals surface area contributed by atoms with E-state index in [-0.39, 0.29) is 40.5 Å². The number of nitrogens with zero attached hydrogens (tertiary/aromatic N) is 1. The third kappa shape index (κ3) is 2.40. The fraction of sp³-hybridized carbons (Fsp3) is 0.231. The minimum atomic E-state index is -1.28. The SMILES string of the molecule is C=CC1CC(=O)N(c2c(F)ccc(Br)c2C(=O)O)C1. The molecule has 0 radical (unpaired) electrons. The van der Waals surface area contributed by atoms with Gasteiger partial charge in [-0.3, -0.25) is 4.79 Å². The van der Waals surface area contributed by atoms with Crippen molar-refractivity contribution in [2.75, 3.05) is 11.4 Å². The zero-order chi connectivity index (χ0) is 14.2. The zero-order valence-electron chi connectivity index (χ0n) is 9.90. The lowest BCUT2D eigenvalue weighted by Crippen LogP contribution is -2.27. The lowest BCUT2D eigenvalue weighted by Gasteiger charge is -2.20. The number of anilines is 1.